The van der Waals surface area contributed by atoms with Gasteiger partial charge in [0.1, 0.15) is 11.5 Å². The van der Waals surface area contributed by atoms with Crippen molar-refractivity contribution in [1.82, 2.24) is 0 Å². The molecule has 25 heavy (non-hydrogen) atoms. The first-order valence-electron chi connectivity index (χ1n) is 9.33. The van der Waals surface area contributed by atoms with Crippen molar-refractivity contribution in [1.29, 1.82) is 0 Å². The van der Waals surface area contributed by atoms with Gasteiger partial charge in [0.2, 0.25) is 0 Å². The van der Waals surface area contributed by atoms with E-state index in [0.29, 0.717) is 0 Å². The minimum Gasteiger partial charge on any atom is -0.481 e. The van der Waals surface area contributed by atoms with Crippen LogP contribution in [0.15, 0.2) is 0 Å². The van der Waals surface area contributed by atoms with Gasteiger partial charge in [0, 0.05) is 0 Å². The molecule has 0 aromatic heterocycles. The summed E-state index contributed by atoms with van der Waals surface area (Å²) in [6.07, 6.45) is 9.05. The molecular weight excluding hydrogens is 324 g/mol. The second kappa shape index (κ2) is 11.9. The van der Waals surface area contributed by atoms with Crippen LogP contribution in [0.25, 0.3) is 0 Å². The highest BCUT2D eigenvalue weighted by molar-refractivity contribution is 5.83. The van der Waals surface area contributed by atoms with Crippen molar-refractivity contribution in [2.75, 3.05) is 0 Å². The van der Waals surface area contributed by atoms with E-state index in [1.165, 1.54) is 32.1 Å². The Kier molecular flexibility index (Phi) is 11.1. The fourth-order valence-corrected chi connectivity index (χ4v) is 2.88. The third kappa shape index (κ3) is 9.46. The van der Waals surface area contributed by atoms with Crippen LogP contribution in [0.3, 0.4) is 0 Å². The molecule has 2 atom stereocenters. The number of carboxylic acids is 2. The fourth-order valence-electron chi connectivity index (χ4n) is 2.88. The molecule has 2 N–H and O–H groups in total. The van der Waals surface area contributed by atoms with E-state index < -0.39 is 29.4 Å². The van der Waals surface area contributed by atoms with Gasteiger partial charge < -0.3 is 14.9 Å². The lowest BCUT2D eigenvalue weighted by molar-refractivity contribution is -0.151. The lowest BCUT2D eigenvalue weighted by Gasteiger charge is -2.20. The van der Waals surface area contributed by atoms with Gasteiger partial charge in [-0.25, -0.2) is 0 Å². The summed E-state index contributed by atoms with van der Waals surface area (Å²) in [5.41, 5.74) is -0.844. The number of rotatable bonds is 10. The zero-order chi connectivity index (χ0) is 19.5. The van der Waals surface area contributed by atoms with Crippen molar-refractivity contribution in [3.05, 3.63) is 0 Å². The molecule has 1 rings (SSSR count). The molecule has 2 unspecified atom stereocenters. The number of cyclic esters (lactones) is 1. The van der Waals surface area contributed by atoms with E-state index in [1.807, 2.05) is 6.92 Å². The Morgan fingerprint density at radius 2 is 1.68 bits per heavy atom. The van der Waals surface area contributed by atoms with E-state index in [1.54, 1.807) is 13.8 Å². The summed E-state index contributed by atoms with van der Waals surface area (Å²) < 4.78 is 4.80. The highest BCUT2D eigenvalue weighted by Crippen LogP contribution is 2.32. The predicted molar refractivity (Wildman–Crippen MR) is 95.3 cm³/mol. The summed E-state index contributed by atoms with van der Waals surface area (Å²) in [5, 5.41) is 17.4. The van der Waals surface area contributed by atoms with Crippen LogP contribution in [0, 0.1) is 11.8 Å². The molecule has 0 aromatic rings. The van der Waals surface area contributed by atoms with Crippen molar-refractivity contribution in [2.24, 2.45) is 11.8 Å². The van der Waals surface area contributed by atoms with Crippen LogP contribution >= 0.6 is 0 Å². The van der Waals surface area contributed by atoms with E-state index in [0.717, 1.165) is 19.3 Å². The number of carbonyl (C=O) groups is 3. The molecule has 6 heteroatoms. The third-order valence-electron chi connectivity index (χ3n) is 4.63. The molecule has 0 spiro atoms. The maximum atomic E-state index is 10.7. The first kappa shape index (κ1) is 23.4. The smallest absolute Gasteiger partial charge is 0.311 e. The first-order chi connectivity index (χ1) is 11.7. The minimum atomic E-state index is -0.971. The predicted octanol–water partition coefficient (Wildman–Crippen LogP) is 4.26. The third-order valence-corrected chi connectivity index (χ3v) is 4.63. The van der Waals surface area contributed by atoms with Crippen molar-refractivity contribution in [3.8, 4) is 0 Å². The van der Waals surface area contributed by atoms with Crippen LogP contribution in [0.2, 0.25) is 0 Å². The van der Waals surface area contributed by atoms with Gasteiger partial charge in [-0.3, -0.25) is 14.4 Å². The van der Waals surface area contributed by atoms with Gasteiger partial charge >= 0.3 is 17.9 Å². The number of carboxylic acid groups (broad SMARTS) is 2. The lowest BCUT2D eigenvalue weighted by atomic mass is 9.91. The Bertz CT molecular complexity index is 430. The number of hydrogen-bond acceptors (Lipinski definition) is 4. The quantitative estimate of drug-likeness (QED) is 0.447. The van der Waals surface area contributed by atoms with Crippen molar-refractivity contribution in [3.63, 3.8) is 0 Å². The summed E-state index contributed by atoms with van der Waals surface area (Å²) in [6.45, 7) is 7.38. The number of aliphatic carboxylic acids is 2. The van der Waals surface area contributed by atoms with E-state index in [4.69, 9.17) is 14.9 Å². The molecule has 1 saturated heterocycles. The molecule has 0 saturated carbocycles. The van der Waals surface area contributed by atoms with Gasteiger partial charge in [-0.1, -0.05) is 52.4 Å². The van der Waals surface area contributed by atoms with Crippen LogP contribution in [0.4, 0.5) is 0 Å². The zero-order valence-corrected chi connectivity index (χ0v) is 16.0. The maximum Gasteiger partial charge on any atom is 0.311 e. The molecule has 1 aliphatic rings. The summed E-state index contributed by atoms with van der Waals surface area (Å²) in [7, 11) is 0. The van der Waals surface area contributed by atoms with Crippen LogP contribution in [-0.4, -0.2) is 33.7 Å². The highest BCUT2D eigenvalue weighted by Gasteiger charge is 2.46. The zero-order valence-electron chi connectivity index (χ0n) is 16.0. The fraction of sp³-hybridized carbons (Fsp3) is 0.842. The second-order valence-electron chi connectivity index (χ2n) is 7.17. The Balaban J connectivity index is 0.000000472. The number of esters is 1. The highest BCUT2D eigenvalue weighted by atomic mass is 16.6. The molecule has 1 fully saturated rings. The number of hydrogen-bond donors (Lipinski definition) is 2. The molecule has 1 heterocycles. The van der Waals surface area contributed by atoms with Gasteiger partial charge in [-0.15, -0.1) is 0 Å². The Morgan fingerprint density at radius 3 is 2.04 bits per heavy atom. The second-order valence-corrected chi connectivity index (χ2v) is 7.17. The van der Waals surface area contributed by atoms with Gasteiger partial charge in [-0.05, 0) is 26.7 Å². The summed E-state index contributed by atoms with van der Waals surface area (Å²) in [5.74, 6) is -2.83. The molecule has 6 nitrogen and oxygen atoms in total. The maximum absolute atomic E-state index is 10.7. The Hall–Kier alpha value is -1.59. The van der Waals surface area contributed by atoms with E-state index in [2.05, 4.69) is 6.92 Å². The van der Waals surface area contributed by atoms with E-state index in [-0.39, 0.29) is 12.3 Å². The molecule has 0 aliphatic carbocycles. The van der Waals surface area contributed by atoms with Gasteiger partial charge in [0.15, 0.2) is 0 Å². The van der Waals surface area contributed by atoms with E-state index in [9.17, 15) is 14.4 Å². The monoisotopic (exact) mass is 358 g/mol. The normalized spacial score (nSPS) is 19.5. The van der Waals surface area contributed by atoms with Gasteiger partial charge in [-0.2, -0.15) is 0 Å². The number of carbonyl (C=O) groups excluding carboxylic acids is 1. The largest absolute Gasteiger partial charge is 0.481 e. The van der Waals surface area contributed by atoms with Crippen molar-refractivity contribution in [2.45, 2.75) is 91.1 Å². The molecule has 0 radical (unpaired) electrons. The Morgan fingerprint density at radius 1 is 1.12 bits per heavy atom. The summed E-state index contributed by atoms with van der Waals surface area (Å²) in [6, 6.07) is 0. The van der Waals surface area contributed by atoms with Crippen molar-refractivity contribution < 1.29 is 29.3 Å². The standard InChI is InChI=1S/C12H24O2.C7H10O4/c1-3-5-6-7-8-9-10-11(4-2)12(13)14;1-7(2)4(6(9)10)3-5(8)11-7/h11H,3-10H2,1-2H3,(H,13,14);4H,3H2,1-2H3,(H,9,10). The molecule has 146 valence electrons. The SMILES string of the molecule is CC1(C)OC(=O)CC1C(=O)O.CCCCCCCCC(CC)C(=O)O. The first-order valence-corrected chi connectivity index (χ1v) is 9.33. The van der Waals surface area contributed by atoms with Gasteiger partial charge in [0.05, 0.1) is 12.3 Å². The van der Waals surface area contributed by atoms with E-state index >= 15 is 0 Å². The molecule has 1 aliphatic heterocycles. The summed E-state index contributed by atoms with van der Waals surface area (Å²) in [4.78, 5) is 31.9. The van der Waals surface area contributed by atoms with Gasteiger partial charge in [0.25, 0.3) is 0 Å². The average Bonchev–Trinajstić information content (AvgIpc) is 2.79. The molecular formula is C19H34O6. The molecule has 0 amide bonds. The number of ether oxygens (including phenoxy) is 1. The Labute approximate surface area is 150 Å². The number of unbranched alkanes of at least 4 members (excludes halogenated alkanes) is 5. The van der Waals surface area contributed by atoms with Crippen molar-refractivity contribution >= 4 is 17.9 Å². The van der Waals surface area contributed by atoms with Crippen LogP contribution in [0.5, 0.6) is 0 Å². The average molecular weight is 358 g/mol. The molecule has 0 aromatic carbocycles. The lowest BCUT2D eigenvalue weighted by Crippen LogP contribution is -2.32. The molecule has 0 bridgehead atoms. The van der Waals surface area contributed by atoms with Crippen LogP contribution < -0.4 is 0 Å². The summed E-state index contributed by atoms with van der Waals surface area (Å²) >= 11 is 0. The van der Waals surface area contributed by atoms with Crippen LogP contribution in [-0.2, 0) is 19.1 Å². The van der Waals surface area contributed by atoms with Crippen LogP contribution in [0.1, 0.15) is 85.5 Å². The minimum absolute atomic E-state index is 0.0116. The topological polar surface area (TPSA) is 101 Å².